The van der Waals surface area contributed by atoms with Gasteiger partial charge >= 0.3 is 0 Å². The van der Waals surface area contributed by atoms with E-state index in [1.807, 2.05) is 14.0 Å². The third-order valence-electron chi connectivity index (χ3n) is 4.26. The maximum Gasteiger partial charge on any atom is 0.276 e. The molecule has 1 aliphatic rings. The number of nitrogens with zero attached hydrogens (tertiary/aromatic N) is 3. The molecule has 1 N–H and O–H groups in total. The summed E-state index contributed by atoms with van der Waals surface area (Å²) in [4.78, 5) is 17.3. The molecule has 0 unspecified atom stereocenters. The van der Waals surface area contributed by atoms with Crippen LogP contribution in [0.3, 0.4) is 0 Å². The van der Waals surface area contributed by atoms with Gasteiger partial charge in [-0.15, -0.1) is 0 Å². The highest BCUT2D eigenvalue weighted by molar-refractivity contribution is 5.56. The number of anilines is 2. The summed E-state index contributed by atoms with van der Waals surface area (Å²) in [6.45, 7) is 4.93. The Hall–Kier alpha value is -1.85. The van der Waals surface area contributed by atoms with Gasteiger partial charge in [0.2, 0.25) is 0 Å². The Morgan fingerprint density at radius 3 is 2.62 bits per heavy atom. The fourth-order valence-corrected chi connectivity index (χ4v) is 2.88. The third kappa shape index (κ3) is 3.83. The highest BCUT2D eigenvalue weighted by Gasteiger charge is 2.24. The minimum atomic E-state index is -0.358. The van der Waals surface area contributed by atoms with Gasteiger partial charge in [0.1, 0.15) is 11.6 Å². The molecule has 1 fully saturated rings. The van der Waals surface area contributed by atoms with Gasteiger partial charge in [-0.1, -0.05) is 6.92 Å². The Balaban J connectivity index is 2.22. The normalized spacial score (nSPS) is 21.9. The van der Waals surface area contributed by atoms with Crippen LogP contribution in [0.25, 0.3) is 0 Å². The van der Waals surface area contributed by atoms with Gasteiger partial charge in [0.15, 0.2) is 0 Å². The number of nitro groups is 1. The maximum absolute atomic E-state index is 11.1. The van der Waals surface area contributed by atoms with Crippen molar-refractivity contribution in [2.75, 3.05) is 23.8 Å². The first-order chi connectivity index (χ1) is 10.0. The van der Waals surface area contributed by atoms with Gasteiger partial charge < -0.3 is 10.2 Å². The summed E-state index contributed by atoms with van der Waals surface area (Å²) in [6, 6.07) is 3.48. The van der Waals surface area contributed by atoms with Gasteiger partial charge in [-0.05, 0) is 38.5 Å². The molecular weight excluding hydrogens is 268 g/mol. The molecule has 1 aromatic heterocycles. The van der Waals surface area contributed by atoms with Gasteiger partial charge in [0.05, 0.1) is 17.1 Å². The molecule has 1 heterocycles. The Labute approximate surface area is 125 Å². The molecule has 0 aromatic carbocycles. The second-order valence-corrected chi connectivity index (χ2v) is 5.88. The van der Waals surface area contributed by atoms with Gasteiger partial charge in [-0.2, -0.15) is 0 Å². The topological polar surface area (TPSA) is 71.3 Å². The Morgan fingerprint density at radius 1 is 1.38 bits per heavy atom. The van der Waals surface area contributed by atoms with Crippen molar-refractivity contribution in [1.29, 1.82) is 0 Å². The number of nitrogens with one attached hydrogen (secondary N) is 1. The van der Waals surface area contributed by atoms with Gasteiger partial charge in [0, 0.05) is 19.6 Å². The van der Waals surface area contributed by atoms with E-state index in [1.54, 1.807) is 6.07 Å². The number of rotatable bonds is 5. The summed E-state index contributed by atoms with van der Waals surface area (Å²) >= 11 is 0. The predicted octanol–water partition coefficient (Wildman–Crippen LogP) is 3.44. The van der Waals surface area contributed by atoms with Crippen molar-refractivity contribution in [2.24, 2.45) is 5.92 Å². The molecule has 0 saturated heterocycles. The largest absolute Gasteiger partial charge is 0.370 e. The minimum absolute atomic E-state index is 0.0898. The molecule has 6 nitrogen and oxygen atoms in total. The molecule has 0 bridgehead atoms. The fraction of sp³-hybridized carbons (Fsp3) is 0.667. The van der Waals surface area contributed by atoms with E-state index in [9.17, 15) is 10.1 Å². The second-order valence-electron chi connectivity index (χ2n) is 5.88. The Bertz CT molecular complexity index is 498. The zero-order valence-corrected chi connectivity index (χ0v) is 13.0. The van der Waals surface area contributed by atoms with Crippen molar-refractivity contribution in [3.8, 4) is 0 Å². The van der Waals surface area contributed by atoms with Crippen molar-refractivity contribution in [2.45, 2.75) is 45.6 Å². The quantitative estimate of drug-likeness (QED) is 0.665. The van der Waals surface area contributed by atoms with Crippen molar-refractivity contribution in [1.82, 2.24) is 4.98 Å². The van der Waals surface area contributed by atoms with E-state index in [4.69, 9.17) is 0 Å². The van der Waals surface area contributed by atoms with E-state index < -0.39 is 0 Å². The zero-order chi connectivity index (χ0) is 15.4. The van der Waals surface area contributed by atoms with Crippen molar-refractivity contribution in [3.05, 3.63) is 22.2 Å². The second kappa shape index (κ2) is 6.74. The molecule has 21 heavy (non-hydrogen) atoms. The smallest absolute Gasteiger partial charge is 0.276 e. The molecule has 6 heteroatoms. The number of pyridine rings is 1. The minimum Gasteiger partial charge on any atom is -0.370 e. The summed E-state index contributed by atoms with van der Waals surface area (Å²) in [6.07, 6.45) is 4.67. The number of aromatic nitrogens is 1. The summed E-state index contributed by atoms with van der Waals surface area (Å²) in [5, 5.41) is 14.1. The van der Waals surface area contributed by atoms with E-state index in [0.29, 0.717) is 24.2 Å². The molecule has 1 aromatic rings. The highest BCUT2D eigenvalue weighted by Crippen LogP contribution is 2.30. The molecule has 116 valence electrons. The molecular formula is C15H24N4O2. The maximum atomic E-state index is 11.1. The number of hydrogen-bond acceptors (Lipinski definition) is 5. The van der Waals surface area contributed by atoms with Crippen LogP contribution in [-0.4, -0.2) is 29.5 Å². The lowest BCUT2D eigenvalue weighted by molar-refractivity contribution is -0.384. The van der Waals surface area contributed by atoms with E-state index in [1.165, 1.54) is 18.9 Å². The lowest BCUT2D eigenvalue weighted by Gasteiger charge is -2.34. The molecule has 2 rings (SSSR count). The van der Waals surface area contributed by atoms with Crippen molar-refractivity contribution < 1.29 is 4.92 Å². The number of hydrogen-bond donors (Lipinski definition) is 1. The summed E-state index contributed by atoms with van der Waals surface area (Å²) < 4.78 is 0. The van der Waals surface area contributed by atoms with E-state index in [2.05, 4.69) is 22.1 Å². The highest BCUT2D eigenvalue weighted by atomic mass is 16.6. The molecule has 0 radical (unpaired) electrons. The summed E-state index contributed by atoms with van der Waals surface area (Å²) in [5.74, 6) is 2.03. The van der Waals surface area contributed by atoms with Crippen LogP contribution in [0.2, 0.25) is 0 Å². The first-order valence-electron chi connectivity index (χ1n) is 7.64. The SMILES string of the molecule is CCNc1cc([N+](=O)[O-])cc(N(C)C2CCC(C)CC2)n1. The van der Waals surface area contributed by atoms with Crippen LogP contribution in [0, 0.1) is 16.0 Å². The predicted molar refractivity (Wildman–Crippen MR) is 84.9 cm³/mol. The summed E-state index contributed by atoms with van der Waals surface area (Å²) in [7, 11) is 1.99. The molecule has 0 atom stereocenters. The first kappa shape index (κ1) is 15.5. The molecule has 1 aliphatic carbocycles. The van der Waals surface area contributed by atoms with Gasteiger partial charge in [-0.3, -0.25) is 10.1 Å². The summed E-state index contributed by atoms with van der Waals surface area (Å²) in [5.41, 5.74) is 0.0898. The Morgan fingerprint density at radius 2 is 2.05 bits per heavy atom. The molecule has 0 amide bonds. The van der Waals surface area contributed by atoms with E-state index in [0.717, 1.165) is 18.8 Å². The standard InChI is InChI=1S/C15H24N4O2/c1-4-16-14-9-13(19(20)21)10-15(17-14)18(3)12-7-5-11(2)6-8-12/h9-12H,4-8H2,1-3H3,(H,16,17). The molecule has 0 spiro atoms. The van der Waals surface area contributed by atoms with E-state index in [-0.39, 0.29) is 10.6 Å². The third-order valence-corrected chi connectivity index (χ3v) is 4.26. The lowest BCUT2D eigenvalue weighted by atomic mass is 9.87. The van der Waals surface area contributed by atoms with Crippen molar-refractivity contribution >= 4 is 17.3 Å². The van der Waals surface area contributed by atoms with E-state index >= 15 is 0 Å². The lowest BCUT2D eigenvalue weighted by Crippen LogP contribution is -2.35. The molecule has 1 saturated carbocycles. The monoisotopic (exact) mass is 292 g/mol. The Kier molecular flexibility index (Phi) is 4.98. The fourth-order valence-electron chi connectivity index (χ4n) is 2.88. The van der Waals surface area contributed by atoms with Gasteiger partial charge in [0.25, 0.3) is 5.69 Å². The molecule has 0 aliphatic heterocycles. The van der Waals surface area contributed by atoms with Crippen molar-refractivity contribution in [3.63, 3.8) is 0 Å². The average molecular weight is 292 g/mol. The van der Waals surface area contributed by atoms with Crippen LogP contribution in [0.4, 0.5) is 17.3 Å². The van der Waals surface area contributed by atoms with Gasteiger partial charge in [-0.25, -0.2) is 4.98 Å². The van der Waals surface area contributed by atoms with Crippen LogP contribution in [0.15, 0.2) is 12.1 Å². The van der Waals surface area contributed by atoms with Crippen LogP contribution < -0.4 is 10.2 Å². The van der Waals surface area contributed by atoms with Crippen LogP contribution in [0.5, 0.6) is 0 Å². The average Bonchev–Trinajstić information content (AvgIpc) is 2.47. The zero-order valence-electron chi connectivity index (χ0n) is 13.0. The van der Waals surface area contributed by atoms with Crippen LogP contribution in [-0.2, 0) is 0 Å². The first-order valence-corrected chi connectivity index (χ1v) is 7.64. The van der Waals surface area contributed by atoms with Crippen LogP contribution in [0.1, 0.15) is 39.5 Å². The van der Waals surface area contributed by atoms with Crippen LogP contribution >= 0.6 is 0 Å².